The molecule has 158 valence electrons. The molecule has 0 radical (unpaired) electrons. The molecular weight excluding hydrogens is 412 g/mol. The molecule has 5 nitrogen and oxygen atoms in total. The molecule has 0 fully saturated rings. The van der Waals surface area contributed by atoms with Crippen LogP contribution in [-0.2, 0) is 4.79 Å². The number of fused-ring (bicyclic) bond motifs is 1. The summed E-state index contributed by atoms with van der Waals surface area (Å²) in [6.07, 6.45) is 1.09. The largest absolute Gasteiger partial charge is 0.484 e. The van der Waals surface area contributed by atoms with Crippen molar-refractivity contribution in [2.24, 2.45) is 0 Å². The van der Waals surface area contributed by atoms with Crippen molar-refractivity contribution < 1.29 is 13.9 Å². The quantitative estimate of drug-likeness (QED) is 0.352. The van der Waals surface area contributed by atoms with Crippen molar-refractivity contribution in [3.05, 3.63) is 77.3 Å². The third kappa shape index (κ3) is 5.06. The van der Waals surface area contributed by atoms with E-state index >= 15 is 0 Å². The maximum absolute atomic E-state index is 12.2. The van der Waals surface area contributed by atoms with Crippen molar-refractivity contribution in [2.75, 3.05) is 11.9 Å². The van der Waals surface area contributed by atoms with Crippen LogP contribution in [0.4, 0.5) is 5.69 Å². The van der Waals surface area contributed by atoms with Crippen LogP contribution < -0.4 is 10.1 Å². The van der Waals surface area contributed by atoms with Crippen molar-refractivity contribution in [1.82, 2.24) is 4.98 Å². The van der Waals surface area contributed by atoms with Gasteiger partial charge in [0, 0.05) is 16.3 Å². The summed E-state index contributed by atoms with van der Waals surface area (Å²) in [6, 6.07) is 20.5. The van der Waals surface area contributed by atoms with E-state index in [9.17, 15) is 4.79 Å². The lowest BCUT2D eigenvalue weighted by Crippen LogP contribution is -2.20. The standard InChI is InChI=1S/C25H23ClN2O3/c1-3-16(2)17-6-11-21(12-7-17)30-15-24(29)27-20-9-4-18(5-10-20)25-28-22-14-19(26)8-13-23(22)31-25/h4-14,16H,3,15H2,1-2H3,(H,27,29)/t16-/m0/s1. The first-order valence-corrected chi connectivity index (χ1v) is 10.6. The van der Waals surface area contributed by atoms with Crippen molar-refractivity contribution in [1.29, 1.82) is 0 Å². The number of hydrogen-bond acceptors (Lipinski definition) is 4. The Balaban J connectivity index is 1.34. The maximum atomic E-state index is 12.2. The molecule has 1 aromatic heterocycles. The van der Waals surface area contributed by atoms with Gasteiger partial charge in [-0.15, -0.1) is 0 Å². The molecule has 1 heterocycles. The van der Waals surface area contributed by atoms with Gasteiger partial charge < -0.3 is 14.5 Å². The number of halogens is 1. The highest BCUT2D eigenvalue weighted by atomic mass is 35.5. The van der Waals surface area contributed by atoms with Crippen LogP contribution in [0, 0.1) is 0 Å². The van der Waals surface area contributed by atoms with Crippen LogP contribution in [0.2, 0.25) is 5.02 Å². The highest BCUT2D eigenvalue weighted by Gasteiger charge is 2.10. The molecule has 31 heavy (non-hydrogen) atoms. The lowest BCUT2D eigenvalue weighted by Gasteiger charge is -2.11. The molecule has 0 spiro atoms. The first-order chi connectivity index (χ1) is 15.0. The molecule has 3 aromatic carbocycles. The molecule has 0 aliphatic rings. The molecule has 0 aliphatic carbocycles. The summed E-state index contributed by atoms with van der Waals surface area (Å²) >= 11 is 6.00. The summed E-state index contributed by atoms with van der Waals surface area (Å²) in [5.41, 5.74) is 4.12. The minimum Gasteiger partial charge on any atom is -0.484 e. The Morgan fingerprint density at radius 2 is 1.84 bits per heavy atom. The third-order valence-corrected chi connectivity index (χ3v) is 5.43. The van der Waals surface area contributed by atoms with Crippen molar-refractivity contribution in [2.45, 2.75) is 26.2 Å². The van der Waals surface area contributed by atoms with E-state index in [4.69, 9.17) is 20.8 Å². The van der Waals surface area contributed by atoms with Gasteiger partial charge in [-0.25, -0.2) is 4.98 Å². The molecular formula is C25H23ClN2O3. The first kappa shape index (κ1) is 20.9. The molecule has 0 saturated carbocycles. The zero-order valence-corrected chi connectivity index (χ0v) is 18.1. The van der Waals surface area contributed by atoms with E-state index in [0.717, 1.165) is 12.0 Å². The Morgan fingerprint density at radius 3 is 2.55 bits per heavy atom. The summed E-state index contributed by atoms with van der Waals surface area (Å²) < 4.78 is 11.4. The second kappa shape index (κ2) is 9.23. The lowest BCUT2D eigenvalue weighted by atomic mass is 9.99. The van der Waals surface area contributed by atoms with Gasteiger partial charge in [-0.05, 0) is 72.5 Å². The van der Waals surface area contributed by atoms with Crippen LogP contribution in [0.5, 0.6) is 5.75 Å². The zero-order valence-electron chi connectivity index (χ0n) is 17.4. The Hall–Kier alpha value is -3.31. The van der Waals surface area contributed by atoms with Gasteiger partial charge in [0.05, 0.1) is 0 Å². The van der Waals surface area contributed by atoms with Crippen LogP contribution in [0.15, 0.2) is 71.1 Å². The van der Waals surface area contributed by atoms with Gasteiger partial charge in [-0.1, -0.05) is 37.6 Å². The van der Waals surface area contributed by atoms with Crippen LogP contribution >= 0.6 is 11.6 Å². The van der Waals surface area contributed by atoms with Crippen LogP contribution in [0.25, 0.3) is 22.6 Å². The predicted molar refractivity (Wildman–Crippen MR) is 124 cm³/mol. The van der Waals surface area contributed by atoms with Crippen LogP contribution in [0.1, 0.15) is 31.7 Å². The minimum absolute atomic E-state index is 0.0592. The number of rotatable bonds is 7. The molecule has 4 aromatic rings. The lowest BCUT2D eigenvalue weighted by molar-refractivity contribution is -0.118. The molecule has 1 atom stereocenters. The Labute approximate surface area is 186 Å². The first-order valence-electron chi connectivity index (χ1n) is 10.2. The molecule has 6 heteroatoms. The van der Waals surface area contributed by atoms with Gasteiger partial charge >= 0.3 is 0 Å². The topological polar surface area (TPSA) is 64.4 Å². The fourth-order valence-electron chi connectivity index (χ4n) is 3.19. The Bertz CT molecular complexity index is 1180. The second-order valence-electron chi connectivity index (χ2n) is 7.42. The number of nitrogens with zero attached hydrogens (tertiary/aromatic N) is 1. The van der Waals surface area contributed by atoms with Gasteiger partial charge in [0.1, 0.15) is 11.3 Å². The fourth-order valence-corrected chi connectivity index (χ4v) is 3.36. The van der Waals surface area contributed by atoms with E-state index in [1.54, 1.807) is 30.3 Å². The van der Waals surface area contributed by atoms with Crippen molar-refractivity contribution >= 4 is 34.3 Å². The van der Waals surface area contributed by atoms with Gasteiger partial charge in [0.2, 0.25) is 5.89 Å². The summed E-state index contributed by atoms with van der Waals surface area (Å²) in [6.45, 7) is 4.29. The average Bonchev–Trinajstić information content (AvgIpc) is 3.21. The number of ether oxygens (including phenoxy) is 1. The van der Waals surface area contributed by atoms with E-state index in [1.165, 1.54) is 5.56 Å². The van der Waals surface area contributed by atoms with Gasteiger partial charge in [0.25, 0.3) is 5.91 Å². The highest BCUT2D eigenvalue weighted by molar-refractivity contribution is 6.31. The summed E-state index contributed by atoms with van der Waals surface area (Å²) in [7, 11) is 0. The normalized spacial score (nSPS) is 12.0. The smallest absolute Gasteiger partial charge is 0.262 e. The molecule has 1 N–H and O–H groups in total. The summed E-state index contributed by atoms with van der Waals surface area (Å²) in [5.74, 6) is 1.45. The minimum atomic E-state index is -0.227. The van der Waals surface area contributed by atoms with E-state index in [0.29, 0.717) is 39.4 Å². The Morgan fingerprint density at radius 1 is 1.10 bits per heavy atom. The maximum Gasteiger partial charge on any atom is 0.262 e. The monoisotopic (exact) mass is 434 g/mol. The Kier molecular flexibility index (Phi) is 6.23. The number of benzene rings is 3. The summed E-state index contributed by atoms with van der Waals surface area (Å²) in [4.78, 5) is 16.7. The van der Waals surface area contributed by atoms with E-state index in [-0.39, 0.29) is 12.5 Å². The third-order valence-electron chi connectivity index (χ3n) is 5.20. The highest BCUT2D eigenvalue weighted by Crippen LogP contribution is 2.27. The zero-order chi connectivity index (χ0) is 21.8. The predicted octanol–water partition coefficient (Wildman–Crippen LogP) is 6.68. The number of nitrogens with one attached hydrogen (secondary N) is 1. The number of anilines is 1. The molecule has 0 unspecified atom stereocenters. The average molecular weight is 435 g/mol. The number of amides is 1. The number of hydrogen-bond donors (Lipinski definition) is 1. The van der Waals surface area contributed by atoms with E-state index in [2.05, 4.69) is 24.1 Å². The number of carbonyl (C=O) groups is 1. The van der Waals surface area contributed by atoms with Crippen molar-refractivity contribution in [3.8, 4) is 17.2 Å². The summed E-state index contributed by atoms with van der Waals surface area (Å²) in [5, 5.41) is 3.44. The molecule has 0 aliphatic heterocycles. The van der Waals surface area contributed by atoms with E-state index < -0.39 is 0 Å². The SMILES string of the molecule is CC[C@H](C)c1ccc(OCC(=O)Nc2ccc(-c3nc4cc(Cl)ccc4o3)cc2)cc1. The number of carbonyl (C=O) groups excluding carboxylic acids is 1. The van der Waals surface area contributed by atoms with Crippen molar-refractivity contribution in [3.63, 3.8) is 0 Å². The number of aromatic nitrogens is 1. The molecule has 0 saturated heterocycles. The molecule has 0 bridgehead atoms. The second-order valence-corrected chi connectivity index (χ2v) is 7.86. The van der Waals surface area contributed by atoms with Gasteiger partial charge in [0.15, 0.2) is 12.2 Å². The molecule has 4 rings (SSSR count). The van der Waals surface area contributed by atoms with Crippen LogP contribution in [0.3, 0.4) is 0 Å². The molecule has 1 amide bonds. The van der Waals surface area contributed by atoms with Gasteiger partial charge in [-0.3, -0.25) is 4.79 Å². The van der Waals surface area contributed by atoms with Crippen LogP contribution in [-0.4, -0.2) is 17.5 Å². The number of oxazole rings is 1. The fraction of sp³-hybridized carbons (Fsp3) is 0.200. The van der Waals surface area contributed by atoms with Gasteiger partial charge in [-0.2, -0.15) is 0 Å². The van der Waals surface area contributed by atoms with E-state index in [1.807, 2.05) is 36.4 Å².